The van der Waals surface area contributed by atoms with E-state index in [1.165, 1.54) is 0 Å². The fourth-order valence-corrected chi connectivity index (χ4v) is 0.889. The summed E-state index contributed by atoms with van der Waals surface area (Å²) in [7, 11) is 0. The van der Waals surface area contributed by atoms with Crippen LogP contribution in [0, 0.1) is 0 Å². The van der Waals surface area contributed by atoms with Gasteiger partial charge in [-0.2, -0.15) is 0 Å². The number of hydrogen-bond acceptors (Lipinski definition) is 1. The highest BCUT2D eigenvalue weighted by molar-refractivity contribution is 6.32. The third kappa shape index (κ3) is 1.52. The van der Waals surface area contributed by atoms with E-state index in [1.807, 2.05) is 18.2 Å². The minimum atomic E-state index is 0.646. The van der Waals surface area contributed by atoms with Crippen LogP contribution >= 0.6 is 11.6 Å². The summed E-state index contributed by atoms with van der Waals surface area (Å²) in [6.45, 7) is 0. The van der Waals surface area contributed by atoms with Gasteiger partial charge in [-0.15, -0.1) is 0 Å². The molecule has 0 aliphatic rings. The van der Waals surface area contributed by atoms with Crippen LogP contribution in [0.3, 0.4) is 0 Å². The lowest BCUT2D eigenvalue weighted by Gasteiger charge is -1.93. The predicted molar refractivity (Wildman–Crippen MR) is 43.1 cm³/mol. The van der Waals surface area contributed by atoms with E-state index in [9.17, 15) is 0 Å². The molecule has 10 heavy (non-hydrogen) atoms. The maximum atomic E-state index is 8.40. The standard InChI is InChI=1S/C8H7ClO/c9-8-4-2-1-3-7(8)5-6-10/h1-6,10H. The van der Waals surface area contributed by atoms with Gasteiger partial charge in [0.1, 0.15) is 0 Å². The van der Waals surface area contributed by atoms with Gasteiger partial charge in [-0.1, -0.05) is 29.8 Å². The molecule has 0 saturated heterocycles. The maximum absolute atomic E-state index is 8.40. The molecule has 1 N–H and O–H groups in total. The molecule has 0 spiro atoms. The Morgan fingerprint density at radius 3 is 2.60 bits per heavy atom. The van der Waals surface area contributed by atoms with Crippen molar-refractivity contribution in [3.8, 4) is 0 Å². The number of halogens is 1. The van der Waals surface area contributed by atoms with E-state index in [-0.39, 0.29) is 0 Å². The highest BCUT2D eigenvalue weighted by atomic mass is 35.5. The lowest BCUT2D eigenvalue weighted by Crippen LogP contribution is -1.71. The Morgan fingerprint density at radius 2 is 2.00 bits per heavy atom. The molecular weight excluding hydrogens is 148 g/mol. The first kappa shape index (κ1) is 7.16. The van der Waals surface area contributed by atoms with Gasteiger partial charge in [-0.05, 0) is 17.7 Å². The number of aliphatic hydroxyl groups excluding tert-OH is 1. The van der Waals surface area contributed by atoms with Gasteiger partial charge in [-0.25, -0.2) is 0 Å². The van der Waals surface area contributed by atoms with Crippen molar-refractivity contribution in [3.63, 3.8) is 0 Å². The second kappa shape index (κ2) is 3.28. The molecule has 0 amide bonds. The Labute approximate surface area is 64.6 Å². The molecule has 0 bridgehead atoms. The molecule has 1 aromatic rings. The molecule has 52 valence electrons. The average molecular weight is 155 g/mol. The van der Waals surface area contributed by atoms with Gasteiger partial charge in [0.15, 0.2) is 0 Å². The van der Waals surface area contributed by atoms with E-state index in [1.54, 1.807) is 12.1 Å². The van der Waals surface area contributed by atoms with E-state index in [2.05, 4.69) is 0 Å². The van der Waals surface area contributed by atoms with Gasteiger partial charge in [0.05, 0.1) is 6.26 Å². The minimum absolute atomic E-state index is 0.646. The molecule has 0 radical (unpaired) electrons. The molecule has 0 aliphatic heterocycles. The molecule has 2 heteroatoms. The van der Waals surface area contributed by atoms with Gasteiger partial charge in [-0.3, -0.25) is 0 Å². The summed E-state index contributed by atoms with van der Waals surface area (Å²) in [5.41, 5.74) is 0.826. The Kier molecular flexibility index (Phi) is 2.35. The van der Waals surface area contributed by atoms with Crippen molar-refractivity contribution in [1.29, 1.82) is 0 Å². The third-order valence-corrected chi connectivity index (χ3v) is 1.50. The third-order valence-electron chi connectivity index (χ3n) is 1.16. The smallest absolute Gasteiger partial charge is 0.0798 e. The summed E-state index contributed by atoms with van der Waals surface area (Å²) in [6, 6.07) is 7.31. The van der Waals surface area contributed by atoms with E-state index < -0.39 is 0 Å². The number of hydrogen-bond donors (Lipinski definition) is 1. The average Bonchev–Trinajstić information content (AvgIpc) is 1.94. The molecule has 0 aliphatic carbocycles. The first-order chi connectivity index (χ1) is 4.84. The Bertz CT molecular complexity index is 243. The summed E-state index contributed by atoms with van der Waals surface area (Å²) in [4.78, 5) is 0. The number of benzene rings is 1. The van der Waals surface area contributed by atoms with Crippen molar-refractivity contribution in [2.24, 2.45) is 0 Å². The molecule has 0 fully saturated rings. The lowest BCUT2D eigenvalue weighted by atomic mass is 10.2. The summed E-state index contributed by atoms with van der Waals surface area (Å²) in [6.07, 6.45) is 2.52. The summed E-state index contributed by atoms with van der Waals surface area (Å²) < 4.78 is 0. The zero-order valence-electron chi connectivity index (χ0n) is 5.29. The fourth-order valence-electron chi connectivity index (χ4n) is 0.691. The van der Waals surface area contributed by atoms with Gasteiger partial charge in [0.2, 0.25) is 0 Å². The molecule has 0 atom stereocenters. The molecule has 1 rings (SSSR count). The Morgan fingerprint density at radius 1 is 1.30 bits per heavy atom. The topological polar surface area (TPSA) is 20.2 Å². The Balaban J connectivity index is 3.03. The first-order valence-electron chi connectivity index (χ1n) is 2.90. The van der Waals surface area contributed by atoms with E-state index >= 15 is 0 Å². The van der Waals surface area contributed by atoms with Crippen molar-refractivity contribution in [2.75, 3.05) is 0 Å². The van der Waals surface area contributed by atoms with Crippen LogP contribution in [0.2, 0.25) is 5.02 Å². The van der Waals surface area contributed by atoms with E-state index in [0.717, 1.165) is 11.8 Å². The van der Waals surface area contributed by atoms with Gasteiger partial charge < -0.3 is 5.11 Å². The molecule has 0 heterocycles. The van der Waals surface area contributed by atoms with E-state index in [0.29, 0.717) is 5.02 Å². The van der Waals surface area contributed by atoms with Crippen molar-refractivity contribution in [3.05, 3.63) is 41.1 Å². The van der Waals surface area contributed by atoms with Crippen molar-refractivity contribution >= 4 is 17.7 Å². The van der Waals surface area contributed by atoms with Crippen LogP contribution in [-0.2, 0) is 0 Å². The van der Waals surface area contributed by atoms with Crippen LogP contribution in [0.4, 0.5) is 0 Å². The molecule has 0 aromatic heterocycles. The second-order valence-corrected chi connectivity index (χ2v) is 2.24. The zero-order chi connectivity index (χ0) is 7.40. The Hall–Kier alpha value is -0.950. The first-order valence-corrected chi connectivity index (χ1v) is 3.27. The SMILES string of the molecule is OC=Cc1ccccc1Cl. The summed E-state index contributed by atoms with van der Waals surface area (Å²) >= 11 is 5.74. The zero-order valence-corrected chi connectivity index (χ0v) is 6.05. The normalized spacial score (nSPS) is 10.5. The van der Waals surface area contributed by atoms with Crippen molar-refractivity contribution < 1.29 is 5.11 Å². The lowest BCUT2D eigenvalue weighted by molar-refractivity contribution is 0.478. The number of rotatable bonds is 1. The monoisotopic (exact) mass is 154 g/mol. The van der Waals surface area contributed by atoms with Gasteiger partial charge in [0.25, 0.3) is 0 Å². The van der Waals surface area contributed by atoms with Crippen LogP contribution in [0.15, 0.2) is 30.5 Å². The molecular formula is C8H7ClO. The van der Waals surface area contributed by atoms with E-state index in [4.69, 9.17) is 16.7 Å². The van der Waals surface area contributed by atoms with Crippen LogP contribution in [0.1, 0.15) is 5.56 Å². The maximum Gasteiger partial charge on any atom is 0.0798 e. The molecule has 1 nitrogen and oxygen atoms in total. The molecule has 0 saturated carbocycles. The second-order valence-electron chi connectivity index (χ2n) is 1.84. The largest absolute Gasteiger partial charge is 0.516 e. The van der Waals surface area contributed by atoms with Gasteiger partial charge >= 0.3 is 0 Å². The quantitative estimate of drug-likeness (QED) is 0.617. The highest BCUT2D eigenvalue weighted by Gasteiger charge is 1.90. The van der Waals surface area contributed by atoms with Crippen LogP contribution in [0.5, 0.6) is 0 Å². The predicted octanol–water partition coefficient (Wildman–Crippen LogP) is 2.87. The number of aliphatic hydroxyl groups is 1. The van der Waals surface area contributed by atoms with Crippen molar-refractivity contribution in [2.45, 2.75) is 0 Å². The molecule has 1 aromatic carbocycles. The van der Waals surface area contributed by atoms with Gasteiger partial charge in [0, 0.05) is 5.02 Å². The van der Waals surface area contributed by atoms with Crippen LogP contribution < -0.4 is 0 Å². The summed E-state index contributed by atoms with van der Waals surface area (Å²) in [5.74, 6) is 0. The van der Waals surface area contributed by atoms with Crippen LogP contribution in [-0.4, -0.2) is 5.11 Å². The van der Waals surface area contributed by atoms with Crippen molar-refractivity contribution in [1.82, 2.24) is 0 Å². The highest BCUT2D eigenvalue weighted by Crippen LogP contribution is 2.15. The fraction of sp³-hybridized carbons (Fsp3) is 0. The summed E-state index contributed by atoms with van der Waals surface area (Å²) in [5, 5.41) is 9.05. The molecule has 0 unspecified atom stereocenters. The minimum Gasteiger partial charge on any atom is -0.516 e. The van der Waals surface area contributed by atoms with Crippen LogP contribution in [0.25, 0.3) is 6.08 Å².